The van der Waals surface area contributed by atoms with Gasteiger partial charge in [-0.1, -0.05) is 13.3 Å². The molecule has 1 rings (SSSR count). The van der Waals surface area contributed by atoms with Gasteiger partial charge in [0, 0.05) is 12.9 Å². The number of hydrogen-bond donors (Lipinski definition) is 1. The maximum Gasteiger partial charge on any atom is 0.319 e. The largest absolute Gasteiger partial charge is 0.480 e. The van der Waals surface area contributed by atoms with Crippen LogP contribution in [0.15, 0.2) is 0 Å². The third kappa shape index (κ3) is 3.39. The molecule has 0 aromatic rings. The summed E-state index contributed by atoms with van der Waals surface area (Å²) in [5.74, 6) is 0.873. The minimum atomic E-state index is -0.636. The van der Waals surface area contributed by atoms with Crippen molar-refractivity contribution >= 4 is 17.7 Å². The normalized spacial score (nSPS) is 30.2. The van der Waals surface area contributed by atoms with Crippen LogP contribution in [-0.2, 0) is 9.53 Å². The highest BCUT2D eigenvalue weighted by Crippen LogP contribution is 2.42. The summed E-state index contributed by atoms with van der Waals surface area (Å²) in [5, 5.41) is 9.39. The van der Waals surface area contributed by atoms with Crippen molar-refractivity contribution in [1.29, 1.82) is 0 Å². The average Bonchev–Trinajstić information content (AvgIpc) is 2.30. The Hall–Kier alpha value is -0.220. The molecule has 1 fully saturated rings. The maximum absolute atomic E-state index is 11.4. The number of ether oxygens (including phenoxy) is 1. The van der Waals surface area contributed by atoms with Gasteiger partial charge in [0.05, 0.1) is 6.61 Å². The highest BCUT2D eigenvalue weighted by atomic mass is 32.2. The zero-order valence-electron chi connectivity index (χ0n) is 10.2. The number of thioether (sulfide) groups is 1. The molecule has 0 heterocycles. The Morgan fingerprint density at radius 1 is 1.50 bits per heavy atom. The van der Waals surface area contributed by atoms with E-state index in [0.717, 1.165) is 37.4 Å². The van der Waals surface area contributed by atoms with Gasteiger partial charge in [-0.25, -0.2) is 0 Å². The molecule has 1 saturated carbocycles. The Labute approximate surface area is 102 Å². The van der Waals surface area contributed by atoms with E-state index in [1.165, 1.54) is 6.42 Å². The van der Waals surface area contributed by atoms with Crippen molar-refractivity contribution in [3.63, 3.8) is 0 Å². The Kier molecular flexibility index (Phi) is 5.62. The fourth-order valence-electron chi connectivity index (χ4n) is 2.29. The first kappa shape index (κ1) is 13.8. The lowest BCUT2D eigenvalue weighted by molar-refractivity contribution is -0.141. The Morgan fingerprint density at radius 3 is 2.56 bits per heavy atom. The topological polar surface area (TPSA) is 46.5 Å². The summed E-state index contributed by atoms with van der Waals surface area (Å²) in [6, 6.07) is 0. The van der Waals surface area contributed by atoms with Crippen LogP contribution in [0.3, 0.4) is 0 Å². The van der Waals surface area contributed by atoms with Crippen LogP contribution in [0.4, 0.5) is 0 Å². The molecular formula is C12H22O3S. The Bertz CT molecular complexity index is 217. The van der Waals surface area contributed by atoms with Gasteiger partial charge in [0.1, 0.15) is 4.75 Å². The van der Waals surface area contributed by atoms with Crippen LogP contribution in [0.5, 0.6) is 0 Å². The lowest BCUT2D eigenvalue weighted by Crippen LogP contribution is -2.39. The van der Waals surface area contributed by atoms with E-state index in [9.17, 15) is 9.90 Å². The highest BCUT2D eigenvalue weighted by Gasteiger charge is 2.41. The number of aliphatic carboxylic acids is 1. The van der Waals surface area contributed by atoms with Crippen molar-refractivity contribution in [3.8, 4) is 0 Å². The van der Waals surface area contributed by atoms with Gasteiger partial charge in [-0.05, 0) is 31.6 Å². The molecule has 4 heteroatoms. The van der Waals surface area contributed by atoms with Crippen LogP contribution in [0, 0.1) is 5.92 Å². The van der Waals surface area contributed by atoms with Gasteiger partial charge < -0.3 is 9.84 Å². The molecule has 0 bridgehead atoms. The van der Waals surface area contributed by atoms with Gasteiger partial charge >= 0.3 is 5.97 Å². The third-order valence-corrected chi connectivity index (χ3v) is 5.05. The minimum Gasteiger partial charge on any atom is -0.480 e. The number of rotatable bonds is 6. The number of carboxylic acids is 1. The van der Waals surface area contributed by atoms with Crippen molar-refractivity contribution in [2.45, 2.75) is 43.8 Å². The van der Waals surface area contributed by atoms with E-state index in [-0.39, 0.29) is 0 Å². The molecule has 1 N–H and O–H groups in total. The van der Waals surface area contributed by atoms with Crippen molar-refractivity contribution in [1.82, 2.24) is 0 Å². The van der Waals surface area contributed by atoms with E-state index in [2.05, 4.69) is 6.92 Å². The SMILES string of the molecule is CCC1CCC(SCCOC)(C(=O)O)CC1. The van der Waals surface area contributed by atoms with Gasteiger partial charge in [0.2, 0.25) is 0 Å². The Morgan fingerprint density at radius 2 is 2.12 bits per heavy atom. The van der Waals surface area contributed by atoms with Crippen LogP contribution in [0.1, 0.15) is 39.0 Å². The maximum atomic E-state index is 11.4. The first-order valence-electron chi connectivity index (χ1n) is 6.01. The second-order valence-corrected chi connectivity index (χ2v) is 5.97. The fourth-order valence-corrected chi connectivity index (χ4v) is 3.58. The molecule has 0 unspecified atom stereocenters. The van der Waals surface area contributed by atoms with E-state index in [4.69, 9.17) is 4.74 Å². The summed E-state index contributed by atoms with van der Waals surface area (Å²) >= 11 is 1.57. The van der Waals surface area contributed by atoms with Crippen molar-refractivity contribution < 1.29 is 14.6 Å². The molecule has 0 aromatic carbocycles. The van der Waals surface area contributed by atoms with E-state index in [0.29, 0.717) is 6.61 Å². The van der Waals surface area contributed by atoms with E-state index in [1.54, 1.807) is 18.9 Å². The average molecular weight is 246 g/mol. The van der Waals surface area contributed by atoms with Crippen LogP contribution < -0.4 is 0 Å². The lowest BCUT2D eigenvalue weighted by atomic mass is 9.80. The second kappa shape index (κ2) is 6.50. The second-order valence-electron chi connectivity index (χ2n) is 4.49. The van der Waals surface area contributed by atoms with Crippen LogP contribution in [0.25, 0.3) is 0 Å². The van der Waals surface area contributed by atoms with Crippen molar-refractivity contribution in [2.75, 3.05) is 19.5 Å². The van der Waals surface area contributed by atoms with Crippen molar-refractivity contribution in [2.24, 2.45) is 5.92 Å². The summed E-state index contributed by atoms with van der Waals surface area (Å²) in [7, 11) is 1.65. The number of carbonyl (C=O) groups is 1. The Balaban J connectivity index is 2.51. The minimum absolute atomic E-state index is 0.537. The zero-order chi connectivity index (χ0) is 12.0. The third-order valence-electron chi connectivity index (χ3n) is 3.55. The standard InChI is InChI=1S/C12H22O3S/c1-3-10-4-6-12(7-5-10,11(13)14)16-9-8-15-2/h10H,3-9H2,1-2H3,(H,13,14). The van der Waals surface area contributed by atoms with E-state index < -0.39 is 10.7 Å². The van der Waals surface area contributed by atoms with Crippen LogP contribution in [-0.4, -0.2) is 35.3 Å². The molecule has 0 aliphatic heterocycles. The molecule has 0 amide bonds. The number of methoxy groups -OCH3 is 1. The summed E-state index contributed by atoms with van der Waals surface area (Å²) in [6.45, 7) is 2.83. The number of hydrogen-bond acceptors (Lipinski definition) is 3. The molecule has 0 aromatic heterocycles. The first-order valence-corrected chi connectivity index (χ1v) is 6.99. The predicted octanol–water partition coefficient (Wildman–Crippen LogP) is 2.79. The predicted molar refractivity (Wildman–Crippen MR) is 66.9 cm³/mol. The molecule has 0 spiro atoms. The summed E-state index contributed by atoms with van der Waals surface area (Å²) in [4.78, 5) is 11.4. The van der Waals surface area contributed by atoms with Gasteiger partial charge in [0.15, 0.2) is 0 Å². The summed E-state index contributed by atoms with van der Waals surface area (Å²) in [5.41, 5.74) is 0. The molecular weight excluding hydrogens is 224 g/mol. The first-order chi connectivity index (χ1) is 7.64. The molecule has 0 radical (unpaired) electrons. The van der Waals surface area contributed by atoms with E-state index in [1.807, 2.05) is 0 Å². The van der Waals surface area contributed by atoms with Gasteiger partial charge in [-0.15, -0.1) is 11.8 Å². The van der Waals surface area contributed by atoms with Gasteiger partial charge in [0.25, 0.3) is 0 Å². The summed E-state index contributed by atoms with van der Waals surface area (Å²) in [6.07, 6.45) is 4.93. The van der Waals surface area contributed by atoms with E-state index >= 15 is 0 Å². The molecule has 0 saturated heterocycles. The number of carboxylic acid groups (broad SMARTS) is 1. The van der Waals surface area contributed by atoms with Gasteiger partial charge in [-0.2, -0.15) is 0 Å². The molecule has 94 valence electrons. The van der Waals surface area contributed by atoms with Crippen LogP contribution >= 0.6 is 11.8 Å². The zero-order valence-corrected chi connectivity index (χ0v) is 11.0. The molecule has 16 heavy (non-hydrogen) atoms. The van der Waals surface area contributed by atoms with Gasteiger partial charge in [-0.3, -0.25) is 4.79 Å². The summed E-state index contributed by atoms with van der Waals surface area (Å²) < 4.78 is 4.45. The molecule has 1 aliphatic carbocycles. The molecule has 3 nitrogen and oxygen atoms in total. The van der Waals surface area contributed by atoms with Crippen molar-refractivity contribution in [3.05, 3.63) is 0 Å². The molecule has 0 atom stereocenters. The smallest absolute Gasteiger partial charge is 0.319 e. The lowest BCUT2D eigenvalue weighted by Gasteiger charge is -2.36. The van der Waals surface area contributed by atoms with Crippen LogP contribution in [0.2, 0.25) is 0 Å². The highest BCUT2D eigenvalue weighted by molar-refractivity contribution is 8.01. The fraction of sp³-hybridized carbons (Fsp3) is 0.917. The monoisotopic (exact) mass is 246 g/mol. The quantitative estimate of drug-likeness (QED) is 0.732. The molecule has 1 aliphatic rings.